The maximum atomic E-state index is 12.7. The smallest absolute Gasteiger partial charge is 0.367 e. The first-order valence-electron chi connectivity index (χ1n) is 8.62. The van der Waals surface area contributed by atoms with Crippen molar-refractivity contribution in [3.63, 3.8) is 0 Å². The van der Waals surface area contributed by atoms with Gasteiger partial charge in [0.05, 0.1) is 5.56 Å². The molecule has 0 unspecified atom stereocenters. The molecular formula is C19H17F3N6O. The van der Waals surface area contributed by atoms with Crippen LogP contribution in [0, 0.1) is 0 Å². The molecule has 0 aliphatic rings. The number of benzene rings is 1. The van der Waals surface area contributed by atoms with Gasteiger partial charge < -0.3 is 16.0 Å². The number of hydrogen-bond donors (Lipinski definition) is 3. The summed E-state index contributed by atoms with van der Waals surface area (Å²) in [5, 5.41) is 16.6. The molecule has 29 heavy (non-hydrogen) atoms. The van der Waals surface area contributed by atoms with Crippen LogP contribution in [0.1, 0.15) is 15.9 Å². The predicted molar refractivity (Wildman–Crippen MR) is 102 cm³/mol. The van der Waals surface area contributed by atoms with Crippen LogP contribution >= 0.6 is 0 Å². The third-order valence-electron chi connectivity index (χ3n) is 3.79. The molecule has 0 fully saturated rings. The van der Waals surface area contributed by atoms with E-state index in [2.05, 4.69) is 31.1 Å². The van der Waals surface area contributed by atoms with Gasteiger partial charge in [0, 0.05) is 36.7 Å². The summed E-state index contributed by atoms with van der Waals surface area (Å²) in [7, 11) is 0. The number of carbonyl (C=O) groups excluding carboxylic acids is 1. The van der Waals surface area contributed by atoms with Crippen LogP contribution in [0.5, 0.6) is 0 Å². The van der Waals surface area contributed by atoms with Gasteiger partial charge in [-0.25, -0.2) is 0 Å². The standard InChI is InChI=1S/C19H17F3N6O/c20-19(21,22)14-3-1-2-13(12-14)18(29)25-11-10-24-16-4-5-17(28-27-16)26-15-6-8-23-9-7-15/h1-9,12H,10-11H2,(H,24,27)(H,25,29)(H,23,26,28). The van der Waals surface area contributed by atoms with E-state index in [9.17, 15) is 18.0 Å². The van der Waals surface area contributed by atoms with E-state index in [1.165, 1.54) is 12.1 Å². The molecule has 0 saturated heterocycles. The van der Waals surface area contributed by atoms with Crippen LogP contribution in [0.2, 0.25) is 0 Å². The molecule has 150 valence electrons. The van der Waals surface area contributed by atoms with Crippen molar-refractivity contribution in [2.45, 2.75) is 6.18 Å². The van der Waals surface area contributed by atoms with Gasteiger partial charge in [-0.3, -0.25) is 9.78 Å². The van der Waals surface area contributed by atoms with Gasteiger partial charge in [0.1, 0.15) is 5.82 Å². The third-order valence-corrected chi connectivity index (χ3v) is 3.79. The van der Waals surface area contributed by atoms with Crippen LogP contribution in [-0.2, 0) is 6.18 Å². The molecular weight excluding hydrogens is 385 g/mol. The van der Waals surface area contributed by atoms with Gasteiger partial charge in [-0.05, 0) is 42.5 Å². The number of alkyl halides is 3. The van der Waals surface area contributed by atoms with E-state index in [0.29, 0.717) is 18.2 Å². The fourth-order valence-electron chi connectivity index (χ4n) is 2.38. The second kappa shape index (κ2) is 9.00. The van der Waals surface area contributed by atoms with Crippen molar-refractivity contribution in [3.8, 4) is 0 Å². The lowest BCUT2D eigenvalue weighted by atomic mass is 10.1. The average molecular weight is 402 g/mol. The summed E-state index contributed by atoms with van der Waals surface area (Å²) in [4.78, 5) is 15.9. The minimum Gasteiger partial charge on any atom is -0.367 e. The van der Waals surface area contributed by atoms with Crippen molar-refractivity contribution in [2.75, 3.05) is 23.7 Å². The number of nitrogens with zero attached hydrogens (tertiary/aromatic N) is 3. The molecule has 0 atom stereocenters. The van der Waals surface area contributed by atoms with Crippen molar-refractivity contribution in [3.05, 3.63) is 72.1 Å². The molecule has 7 nitrogen and oxygen atoms in total. The normalized spacial score (nSPS) is 11.0. The molecule has 10 heteroatoms. The summed E-state index contributed by atoms with van der Waals surface area (Å²) in [5.41, 5.74) is -0.0857. The summed E-state index contributed by atoms with van der Waals surface area (Å²) in [6.07, 6.45) is -1.19. The van der Waals surface area contributed by atoms with Gasteiger partial charge in [0.15, 0.2) is 5.82 Å². The maximum Gasteiger partial charge on any atom is 0.416 e. The molecule has 0 radical (unpaired) electrons. The molecule has 1 aromatic carbocycles. The van der Waals surface area contributed by atoms with Crippen LogP contribution in [0.15, 0.2) is 60.9 Å². The molecule has 1 amide bonds. The lowest BCUT2D eigenvalue weighted by Gasteiger charge is -2.10. The maximum absolute atomic E-state index is 12.7. The van der Waals surface area contributed by atoms with E-state index in [4.69, 9.17) is 0 Å². The zero-order valence-electron chi connectivity index (χ0n) is 15.1. The number of aromatic nitrogens is 3. The Bertz CT molecular complexity index is 948. The highest BCUT2D eigenvalue weighted by Gasteiger charge is 2.30. The van der Waals surface area contributed by atoms with Gasteiger partial charge in [-0.15, -0.1) is 10.2 Å². The first kappa shape index (κ1) is 20.1. The number of halogens is 3. The fourth-order valence-corrected chi connectivity index (χ4v) is 2.38. The largest absolute Gasteiger partial charge is 0.416 e. The highest BCUT2D eigenvalue weighted by molar-refractivity contribution is 5.94. The summed E-state index contributed by atoms with van der Waals surface area (Å²) >= 11 is 0. The lowest BCUT2D eigenvalue weighted by Crippen LogP contribution is -2.29. The average Bonchev–Trinajstić information content (AvgIpc) is 2.72. The van der Waals surface area contributed by atoms with Crippen molar-refractivity contribution in [2.24, 2.45) is 0 Å². The van der Waals surface area contributed by atoms with Crippen LogP contribution < -0.4 is 16.0 Å². The van der Waals surface area contributed by atoms with E-state index in [-0.39, 0.29) is 12.1 Å². The molecule has 2 aromatic heterocycles. The van der Waals surface area contributed by atoms with Crippen LogP contribution in [-0.4, -0.2) is 34.2 Å². The van der Waals surface area contributed by atoms with E-state index in [1.54, 1.807) is 36.7 Å². The number of nitrogens with one attached hydrogen (secondary N) is 3. The Kier molecular flexibility index (Phi) is 6.22. The first-order chi connectivity index (χ1) is 13.9. The topological polar surface area (TPSA) is 91.8 Å². The zero-order chi connectivity index (χ0) is 20.7. The third kappa shape index (κ3) is 5.89. The van der Waals surface area contributed by atoms with E-state index < -0.39 is 17.6 Å². The number of amides is 1. The molecule has 3 N–H and O–H groups in total. The van der Waals surface area contributed by atoms with Crippen LogP contribution in [0.25, 0.3) is 0 Å². The minimum atomic E-state index is -4.49. The SMILES string of the molecule is O=C(NCCNc1ccc(Nc2ccncc2)nn1)c1cccc(C(F)(F)F)c1. The molecule has 3 rings (SSSR count). The van der Waals surface area contributed by atoms with Crippen LogP contribution in [0.4, 0.5) is 30.5 Å². The van der Waals surface area contributed by atoms with Crippen molar-refractivity contribution >= 4 is 23.2 Å². The highest BCUT2D eigenvalue weighted by Crippen LogP contribution is 2.29. The van der Waals surface area contributed by atoms with Gasteiger partial charge in [0.2, 0.25) is 0 Å². The van der Waals surface area contributed by atoms with Crippen molar-refractivity contribution in [1.82, 2.24) is 20.5 Å². The monoisotopic (exact) mass is 402 g/mol. The molecule has 3 aromatic rings. The lowest BCUT2D eigenvalue weighted by molar-refractivity contribution is -0.137. The summed E-state index contributed by atoms with van der Waals surface area (Å²) in [5.74, 6) is 0.471. The van der Waals surface area contributed by atoms with Crippen molar-refractivity contribution in [1.29, 1.82) is 0 Å². The first-order valence-corrected chi connectivity index (χ1v) is 8.62. The molecule has 0 aliphatic carbocycles. The Morgan fingerprint density at radius 1 is 0.931 bits per heavy atom. The number of anilines is 3. The summed E-state index contributed by atoms with van der Waals surface area (Å²) < 4.78 is 38.1. The summed E-state index contributed by atoms with van der Waals surface area (Å²) in [6.45, 7) is 0.532. The van der Waals surface area contributed by atoms with Crippen molar-refractivity contribution < 1.29 is 18.0 Å². The van der Waals surface area contributed by atoms with Gasteiger partial charge in [-0.1, -0.05) is 6.07 Å². The Morgan fingerprint density at radius 2 is 1.66 bits per heavy atom. The summed E-state index contributed by atoms with van der Waals surface area (Å²) in [6, 6.07) is 11.3. The number of rotatable bonds is 7. The second-order valence-corrected chi connectivity index (χ2v) is 5.93. The number of hydrogen-bond acceptors (Lipinski definition) is 6. The van der Waals surface area contributed by atoms with E-state index in [1.807, 2.05) is 0 Å². The second-order valence-electron chi connectivity index (χ2n) is 5.93. The number of carbonyl (C=O) groups is 1. The molecule has 2 heterocycles. The molecule has 0 bridgehead atoms. The van der Waals surface area contributed by atoms with Gasteiger partial charge in [0.25, 0.3) is 5.91 Å². The predicted octanol–water partition coefficient (Wildman–Crippen LogP) is 3.48. The Hall–Kier alpha value is -3.69. The highest BCUT2D eigenvalue weighted by atomic mass is 19.4. The molecule has 0 saturated carbocycles. The quantitative estimate of drug-likeness (QED) is 0.524. The zero-order valence-corrected chi connectivity index (χ0v) is 15.1. The molecule has 0 aliphatic heterocycles. The molecule has 0 spiro atoms. The minimum absolute atomic E-state index is 0.0499. The van der Waals surface area contributed by atoms with Gasteiger partial charge >= 0.3 is 6.18 Å². The van der Waals surface area contributed by atoms with Crippen LogP contribution in [0.3, 0.4) is 0 Å². The van der Waals surface area contributed by atoms with Gasteiger partial charge in [-0.2, -0.15) is 13.2 Å². The van der Waals surface area contributed by atoms with E-state index >= 15 is 0 Å². The Labute approximate surface area is 164 Å². The number of pyridine rings is 1. The Morgan fingerprint density at radius 3 is 2.34 bits per heavy atom. The fraction of sp³-hybridized carbons (Fsp3) is 0.158. The van der Waals surface area contributed by atoms with E-state index in [0.717, 1.165) is 17.8 Å². The Balaban J connectivity index is 1.45.